The number of ether oxygens (including phenoxy) is 1. The summed E-state index contributed by atoms with van der Waals surface area (Å²) in [5.41, 5.74) is 6.43. The third kappa shape index (κ3) is 3.06. The van der Waals surface area contributed by atoms with Crippen molar-refractivity contribution in [2.45, 2.75) is 12.5 Å². The van der Waals surface area contributed by atoms with Crippen LogP contribution in [-0.2, 0) is 4.74 Å². The molecule has 128 valence electrons. The first-order valence-corrected chi connectivity index (χ1v) is 8.63. The Labute approximate surface area is 146 Å². The highest BCUT2D eigenvalue weighted by molar-refractivity contribution is 7.22. The molecular formula is C17H15FN4O2S. The molecule has 4 rings (SSSR count). The van der Waals surface area contributed by atoms with E-state index in [4.69, 9.17) is 10.5 Å². The third-order valence-electron chi connectivity index (χ3n) is 4.08. The number of amides is 1. The van der Waals surface area contributed by atoms with E-state index in [1.165, 1.54) is 23.5 Å². The van der Waals surface area contributed by atoms with E-state index in [1.807, 2.05) is 6.07 Å². The van der Waals surface area contributed by atoms with Gasteiger partial charge in [-0.2, -0.15) is 0 Å². The smallest absolute Gasteiger partial charge is 0.270 e. The second-order valence-corrected chi connectivity index (χ2v) is 6.88. The predicted molar refractivity (Wildman–Crippen MR) is 94.2 cm³/mol. The van der Waals surface area contributed by atoms with E-state index in [2.05, 4.69) is 15.5 Å². The van der Waals surface area contributed by atoms with Crippen molar-refractivity contribution in [3.8, 4) is 10.4 Å². The Kier molecular flexibility index (Phi) is 4.06. The number of primary amides is 1. The summed E-state index contributed by atoms with van der Waals surface area (Å²) in [6, 6.07) is 8.28. The predicted octanol–water partition coefficient (Wildman–Crippen LogP) is 2.80. The molecular weight excluding hydrogens is 343 g/mol. The second kappa shape index (κ2) is 6.38. The lowest BCUT2D eigenvalue weighted by Crippen LogP contribution is -2.21. The molecule has 1 fully saturated rings. The number of rotatable bonds is 4. The number of thiophene rings is 1. The number of carbonyl (C=O) groups excluding carboxylic acids is 1. The molecule has 1 aliphatic heterocycles. The van der Waals surface area contributed by atoms with Crippen LogP contribution in [0.2, 0.25) is 0 Å². The number of fused-ring (bicyclic) bond motifs is 1. The number of carbonyl (C=O) groups is 1. The summed E-state index contributed by atoms with van der Waals surface area (Å²) in [4.78, 5) is 12.6. The van der Waals surface area contributed by atoms with Gasteiger partial charge in [0.2, 0.25) is 0 Å². The van der Waals surface area contributed by atoms with Crippen molar-refractivity contribution >= 4 is 33.1 Å². The van der Waals surface area contributed by atoms with Crippen molar-refractivity contribution in [2.24, 2.45) is 5.73 Å². The first-order valence-electron chi connectivity index (χ1n) is 7.82. The molecule has 1 saturated heterocycles. The lowest BCUT2D eigenvalue weighted by molar-refractivity contribution is 0.0996. The number of nitrogens with zero attached hydrogens (tertiary/aromatic N) is 2. The van der Waals surface area contributed by atoms with Crippen molar-refractivity contribution in [1.29, 1.82) is 0 Å². The standard InChI is InChI=1S/C17H15FN4O2S/c18-10-3-1-9(2-4-10)13-7-12-15(25-13)14(16(19)23)21-22-17(12)20-11-5-6-24-8-11/h1-4,7,11H,5-6,8H2,(H2,19,23)(H,20,22). The van der Waals surface area contributed by atoms with Gasteiger partial charge in [-0.25, -0.2) is 4.39 Å². The molecule has 25 heavy (non-hydrogen) atoms. The van der Waals surface area contributed by atoms with Crippen LogP contribution in [0.5, 0.6) is 0 Å². The Bertz CT molecular complexity index is 936. The number of halogens is 1. The highest BCUT2D eigenvalue weighted by Crippen LogP contribution is 2.37. The van der Waals surface area contributed by atoms with Gasteiger partial charge < -0.3 is 15.8 Å². The van der Waals surface area contributed by atoms with E-state index in [0.29, 0.717) is 23.7 Å². The minimum absolute atomic E-state index is 0.140. The number of benzene rings is 1. The van der Waals surface area contributed by atoms with E-state index in [-0.39, 0.29) is 17.6 Å². The molecule has 3 aromatic rings. The zero-order valence-corrected chi connectivity index (χ0v) is 14.0. The van der Waals surface area contributed by atoms with Crippen LogP contribution in [0.15, 0.2) is 30.3 Å². The van der Waals surface area contributed by atoms with Crippen LogP contribution in [0, 0.1) is 5.82 Å². The summed E-state index contributed by atoms with van der Waals surface area (Å²) in [5.74, 6) is -0.324. The summed E-state index contributed by atoms with van der Waals surface area (Å²) in [6.07, 6.45) is 0.885. The van der Waals surface area contributed by atoms with Crippen molar-refractivity contribution < 1.29 is 13.9 Å². The molecule has 8 heteroatoms. The molecule has 0 spiro atoms. The lowest BCUT2D eigenvalue weighted by Gasteiger charge is -2.11. The van der Waals surface area contributed by atoms with Crippen LogP contribution < -0.4 is 11.1 Å². The Balaban J connectivity index is 1.82. The minimum atomic E-state index is -0.624. The number of hydrogen-bond acceptors (Lipinski definition) is 6. The molecule has 1 atom stereocenters. The third-order valence-corrected chi connectivity index (χ3v) is 5.28. The molecule has 6 nitrogen and oxygen atoms in total. The molecule has 1 aromatic carbocycles. The van der Waals surface area contributed by atoms with Crippen molar-refractivity contribution in [3.63, 3.8) is 0 Å². The molecule has 1 aliphatic rings. The second-order valence-electron chi connectivity index (χ2n) is 5.83. The summed E-state index contributed by atoms with van der Waals surface area (Å²) >= 11 is 1.39. The molecule has 3 heterocycles. The Hall–Kier alpha value is -2.58. The van der Waals surface area contributed by atoms with Gasteiger partial charge in [0.1, 0.15) is 5.82 Å². The fourth-order valence-corrected chi connectivity index (χ4v) is 3.96. The van der Waals surface area contributed by atoms with Crippen molar-refractivity contribution in [3.05, 3.63) is 41.8 Å². The monoisotopic (exact) mass is 358 g/mol. The highest BCUT2D eigenvalue weighted by Gasteiger charge is 2.21. The fraction of sp³-hybridized carbons (Fsp3) is 0.235. The topological polar surface area (TPSA) is 90.1 Å². The van der Waals surface area contributed by atoms with Crippen LogP contribution in [-0.4, -0.2) is 35.4 Å². The van der Waals surface area contributed by atoms with E-state index in [1.54, 1.807) is 12.1 Å². The number of aromatic nitrogens is 2. The van der Waals surface area contributed by atoms with E-state index in [0.717, 1.165) is 22.2 Å². The van der Waals surface area contributed by atoms with Crippen molar-refractivity contribution in [2.75, 3.05) is 18.5 Å². The van der Waals surface area contributed by atoms with Crippen LogP contribution >= 0.6 is 11.3 Å². The summed E-state index contributed by atoms with van der Waals surface area (Å²) in [7, 11) is 0. The van der Waals surface area contributed by atoms with Gasteiger partial charge >= 0.3 is 0 Å². The zero-order chi connectivity index (χ0) is 17.4. The van der Waals surface area contributed by atoms with E-state index in [9.17, 15) is 9.18 Å². The summed E-state index contributed by atoms with van der Waals surface area (Å²) in [5, 5.41) is 12.2. The van der Waals surface area contributed by atoms with Crippen LogP contribution in [0.4, 0.5) is 10.2 Å². The summed E-state index contributed by atoms with van der Waals surface area (Å²) < 4.78 is 19.2. The SMILES string of the molecule is NC(=O)c1nnc(NC2CCOC2)c2cc(-c3ccc(F)cc3)sc12. The van der Waals surface area contributed by atoms with Gasteiger partial charge in [0, 0.05) is 16.9 Å². The fourth-order valence-electron chi connectivity index (χ4n) is 2.81. The first kappa shape index (κ1) is 15.9. The number of nitrogens with one attached hydrogen (secondary N) is 1. The molecule has 2 aromatic heterocycles. The zero-order valence-electron chi connectivity index (χ0n) is 13.2. The minimum Gasteiger partial charge on any atom is -0.379 e. The Morgan fingerprint density at radius 1 is 1.32 bits per heavy atom. The molecule has 0 aliphatic carbocycles. The van der Waals surface area contributed by atoms with Gasteiger partial charge in [0.05, 0.1) is 17.3 Å². The van der Waals surface area contributed by atoms with Crippen LogP contribution in [0.1, 0.15) is 16.9 Å². The Morgan fingerprint density at radius 3 is 2.80 bits per heavy atom. The van der Waals surface area contributed by atoms with Gasteiger partial charge in [-0.1, -0.05) is 12.1 Å². The number of hydrogen-bond donors (Lipinski definition) is 2. The summed E-state index contributed by atoms with van der Waals surface area (Å²) in [6.45, 7) is 1.31. The highest BCUT2D eigenvalue weighted by atomic mass is 32.1. The molecule has 0 bridgehead atoms. The largest absolute Gasteiger partial charge is 0.379 e. The van der Waals surface area contributed by atoms with E-state index >= 15 is 0 Å². The van der Waals surface area contributed by atoms with Gasteiger partial charge in [-0.15, -0.1) is 21.5 Å². The molecule has 3 N–H and O–H groups in total. The number of anilines is 1. The first-order chi connectivity index (χ1) is 12.1. The van der Waals surface area contributed by atoms with Gasteiger partial charge in [-0.3, -0.25) is 4.79 Å². The van der Waals surface area contributed by atoms with Gasteiger partial charge in [0.25, 0.3) is 5.91 Å². The quantitative estimate of drug-likeness (QED) is 0.748. The normalized spacial score (nSPS) is 17.1. The maximum atomic E-state index is 13.2. The van der Waals surface area contributed by atoms with Crippen LogP contribution in [0.3, 0.4) is 0 Å². The molecule has 0 saturated carbocycles. The van der Waals surface area contributed by atoms with Gasteiger partial charge in [-0.05, 0) is 30.2 Å². The average molecular weight is 358 g/mol. The average Bonchev–Trinajstić information content (AvgIpc) is 3.25. The van der Waals surface area contributed by atoms with Crippen LogP contribution in [0.25, 0.3) is 20.5 Å². The Morgan fingerprint density at radius 2 is 2.12 bits per heavy atom. The lowest BCUT2D eigenvalue weighted by atomic mass is 10.1. The van der Waals surface area contributed by atoms with Crippen molar-refractivity contribution in [1.82, 2.24) is 10.2 Å². The molecule has 1 amide bonds. The van der Waals surface area contributed by atoms with E-state index < -0.39 is 5.91 Å². The maximum absolute atomic E-state index is 13.2. The maximum Gasteiger partial charge on any atom is 0.270 e. The van der Waals surface area contributed by atoms with Gasteiger partial charge in [0.15, 0.2) is 11.5 Å². The number of nitrogens with two attached hydrogens (primary N) is 1. The molecule has 0 radical (unpaired) electrons. The molecule has 1 unspecified atom stereocenters.